The van der Waals surface area contributed by atoms with E-state index in [1.165, 1.54) is 22.4 Å². The molecule has 0 bridgehead atoms. The summed E-state index contributed by atoms with van der Waals surface area (Å²) in [4.78, 5) is 0. The minimum Gasteiger partial charge on any atom is -0.347 e. The van der Waals surface area contributed by atoms with Crippen LogP contribution < -0.4 is 0 Å². The molecule has 2 heteroatoms. The Kier molecular flexibility index (Phi) is 1.34. The van der Waals surface area contributed by atoms with Gasteiger partial charge in [0.2, 0.25) is 0 Å². The van der Waals surface area contributed by atoms with Crippen LogP contribution >= 0.6 is 0 Å². The van der Waals surface area contributed by atoms with Crippen LogP contribution in [0.25, 0.3) is 11.0 Å². The van der Waals surface area contributed by atoms with E-state index in [4.69, 9.17) is 0 Å². The van der Waals surface area contributed by atoms with Gasteiger partial charge in [-0.25, -0.2) is 0 Å². The lowest BCUT2D eigenvalue weighted by molar-refractivity contribution is 0.911. The molecule has 64 valence electrons. The Morgan fingerprint density at radius 1 is 0.833 bits per heavy atom. The summed E-state index contributed by atoms with van der Waals surface area (Å²) in [5.74, 6) is 0. The van der Waals surface area contributed by atoms with Gasteiger partial charge >= 0.3 is 0 Å². The molecule has 2 heterocycles. The second-order valence-electron chi connectivity index (χ2n) is 3.46. The lowest BCUT2D eigenvalue weighted by Gasteiger charge is -1.95. The number of hydrogen-bond donors (Lipinski definition) is 0. The van der Waals surface area contributed by atoms with Crippen molar-refractivity contribution in [2.45, 2.75) is 13.8 Å². The van der Waals surface area contributed by atoms with Gasteiger partial charge in [-0.2, -0.15) is 0 Å². The lowest BCUT2D eigenvalue weighted by atomic mass is 10.4. The zero-order valence-corrected chi connectivity index (χ0v) is 8.05. The molecule has 0 aliphatic rings. The standard InChI is InChI=1S/C10H14N2/c1-7-5-9-10(11(7)3)6-8(2)12(9)4/h5-6H,1-4H3. The van der Waals surface area contributed by atoms with E-state index in [-0.39, 0.29) is 0 Å². The maximum atomic E-state index is 2.22. The van der Waals surface area contributed by atoms with E-state index in [9.17, 15) is 0 Å². The van der Waals surface area contributed by atoms with E-state index >= 15 is 0 Å². The average molecular weight is 162 g/mol. The second-order valence-corrected chi connectivity index (χ2v) is 3.46. The monoisotopic (exact) mass is 162 g/mol. The largest absolute Gasteiger partial charge is 0.347 e. The normalized spacial score (nSPS) is 11.3. The fourth-order valence-corrected chi connectivity index (χ4v) is 1.65. The smallest absolute Gasteiger partial charge is 0.0664 e. The highest BCUT2D eigenvalue weighted by Crippen LogP contribution is 2.20. The number of aryl methyl sites for hydroxylation is 4. The Morgan fingerprint density at radius 2 is 1.17 bits per heavy atom. The van der Waals surface area contributed by atoms with Crippen LogP contribution in [0.2, 0.25) is 0 Å². The fraction of sp³-hybridized carbons (Fsp3) is 0.400. The van der Waals surface area contributed by atoms with Crippen molar-refractivity contribution in [3.8, 4) is 0 Å². The summed E-state index contributed by atoms with van der Waals surface area (Å²) in [5.41, 5.74) is 5.28. The van der Waals surface area contributed by atoms with Crippen LogP contribution in [0.5, 0.6) is 0 Å². The molecule has 0 N–H and O–H groups in total. The molecule has 2 aromatic heterocycles. The van der Waals surface area contributed by atoms with Gasteiger partial charge in [-0.3, -0.25) is 0 Å². The van der Waals surface area contributed by atoms with Gasteiger partial charge in [0.25, 0.3) is 0 Å². The lowest BCUT2D eigenvalue weighted by Crippen LogP contribution is -1.88. The van der Waals surface area contributed by atoms with Crippen LogP contribution in [0.3, 0.4) is 0 Å². The number of nitrogens with zero attached hydrogens (tertiary/aromatic N) is 2. The zero-order valence-electron chi connectivity index (χ0n) is 8.05. The van der Waals surface area contributed by atoms with Gasteiger partial charge in [0, 0.05) is 25.5 Å². The number of aromatic nitrogens is 2. The molecule has 2 rings (SSSR count). The molecule has 0 aliphatic carbocycles. The molecule has 0 saturated heterocycles. The molecule has 0 atom stereocenters. The van der Waals surface area contributed by atoms with Crippen LogP contribution in [0.4, 0.5) is 0 Å². The Bertz CT molecular complexity index is 390. The molecule has 0 fully saturated rings. The number of hydrogen-bond acceptors (Lipinski definition) is 0. The Morgan fingerprint density at radius 3 is 1.50 bits per heavy atom. The molecular weight excluding hydrogens is 148 g/mol. The van der Waals surface area contributed by atoms with Gasteiger partial charge in [0.05, 0.1) is 11.0 Å². The highest BCUT2D eigenvalue weighted by atomic mass is 15.0. The first-order valence-electron chi connectivity index (χ1n) is 4.19. The van der Waals surface area contributed by atoms with Crippen LogP contribution in [-0.2, 0) is 14.1 Å². The maximum absolute atomic E-state index is 2.22. The van der Waals surface area contributed by atoms with Gasteiger partial charge < -0.3 is 9.13 Å². The van der Waals surface area contributed by atoms with E-state index in [2.05, 4.69) is 49.2 Å². The van der Waals surface area contributed by atoms with Gasteiger partial charge in [-0.1, -0.05) is 0 Å². The van der Waals surface area contributed by atoms with Crippen molar-refractivity contribution in [3.05, 3.63) is 23.5 Å². The van der Waals surface area contributed by atoms with Crippen molar-refractivity contribution in [2.75, 3.05) is 0 Å². The van der Waals surface area contributed by atoms with E-state index in [1.807, 2.05) is 0 Å². The summed E-state index contributed by atoms with van der Waals surface area (Å²) in [6, 6.07) is 4.45. The zero-order chi connectivity index (χ0) is 8.88. The third kappa shape index (κ3) is 0.750. The van der Waals surface area contributed by atoms with Crippen molar-refractivity contribution < 1.29 is 0 Å². The first kappa shape index (κ1) is 7.47. The van der Waals surface area contributed by atoms with Gasteiger partial charge in [0.15, 0.2) is 0 Å². The predicted octanol–water partition coefficient (Wildman–Crippen LogP) is 2.13. The van der Waals surface area contributed by atoms with Crippen molar-refractivity contribution in [3.63, 3.8) is 0 Å². The van der Waals surface area contributed by atoms with Gasteiger partial charge in [-0.05, 0) is 26.0 Å². The summed E-state index contributed by atoms with van der Waals surface area (Å²) in [6.07, 6.45) is 0. The Balaban J connectivity index is 2.93. The molecule has 0 saturated carbocycles. The van der Waals surface area contributed by atoms with Crippen molar-refractivity contribution in [1.82, 2.24) is 9.13 Å². The third-order valence-corrected chi connectivity index (χ3v) is 2.73. The molecule has 0 amide bonds. The minimum atomic E-state index is 1.32. The van der Waals surface area contributed by atoms with Crippen LogP contribution in [0, 0.1) is 13.8 Å². The molecule has 12 heavy (non-hydrogen) atoms. The van der Waals surface area contributed by atoms with E-state index in [1.54, 1.807) is 0 Å². The highest BCUT2D eigenvalue weighted by Gasteiger charge is 2.06. The third-order valence-electron chi connectivity index (χ3n) is 2.73. The first-order chi connectivity index (χ1) is 5.61. The highest BCUT2D eigenvalue weighted by molar-refractivity contribution is 5.79. The second kappa shape index (κ2) is 2.16. The molecule has 2 aromatic rings. The van der Waals surface area contributed by atoms with Crippen LogP contribution in [0.15, 0.2) is 12.1 Å². The van der Waals surface area contributed by atoms with Crippen LogP contribution in [0.1, 0.15) is 11.4 Å². The first-order valence-corrected chi connectivity index (χ1v) is 4.19. The average Bonchev–Trinajstić information content (AvgIpc) is 2.43. The molecule has 0 unspecified atom stereocenters. The molecular formula is C10H14N2. The molecule has 0 radical (unpaired) electrons. The summed E-state index contributed by atoms with van der Waals surface area (Å²) in [5, 5.41) is 0. The summed E-state index contributed by atoms with van der Waals surface area (Å²) < 4.78 is 4.45. The van der Waals surface area contributed by atoms with E-state index in [0.29, 0.717) is 0 Å². The molecule has 2 nitrogen and oxygen atoms in total. The summed E-state index contributed by atoms with van der Waals surface area (Å²) in [6.45, 7) is 4.27. The molecule has 0 aromatic carbocycles. The predicted molar refractivity (Wildman–Crippen MR) is 51.4 cm³/mol. The van der Waals surface area contributed by atoms with Gasteiger partial charge in [-0.15, -0.1) is 0 Å². The van der Waals surface area contributed by atoms with E-state index < -0.39 is 0 Å². The number of rotatable bonds is 0. The number of fused-ring (bicyclic) bond motifs is 1. The topological polar surface area (TPSA) is 9.86 Å². The minimum absolute atomic E-state index is 1.32. The van der Waals surface area contributed by atoms with Crippen molar-refractivity contribution in [1.29, 1.82) is 0 Å². The SMILES string of the molecule is Cc1cc2c(cc(C)n2C)n1C. The molecule has 0 aliphatic heterocycles. The van der Waals surface area contributed by atoms with Crippen LogP contribution in [-0.4, -0.2) is 9.13 Å². The Hall–Kier alpha value is -1.18. The van der Waals surface area contributed by atoms with E-state index in [0.717, 1.165) is 0 Å². The van der Waals surface area contributed by atoms with Crippen molar-refractivity contribution >= 4 is 11.0 Å². The summed E-state index contributed by atoms with van der Waals surface area (Å²) in [7, 11) is 4.22. The van der Waals surface area contributed by atoms with Crippen molar-refractivity contribution in [2.24, 2.45) is 14.1 Å². The Labute approximate surface area is 72.4 Å². The fourth-order valence-electron chi connectivity index (χ4n) is 1.65. The summed E-state index contributed by atoms with van der Waals surface area (Å²) >= 11 is 0. The molecule has 0 spiro atoms. The van der Waals surface area contributed by atoms with Gasteiger partial charge in [0.1, 0.15) is 0 Å². The maximum Gasteiger partial charge on any atom is 0.0664 e. The quantitative estimate of drug-likeness (QED) is 0.561.